The van der Waals surface area contributed by atoms with Gasteiger partial charge in [-0.3, -0.25) is 0 Å². The number of carbonyl (C=O) groups is 1. The highest BCUT2D eigenvalue weighted by Gasteiger charge is 2.17. The lowest BCUT2D eigenvalue weighted by Crippen LogP contribution is -2.03. The molecule has 0 saturated heterocycles. The molecular weight excluding hydrogens is 202 g/mol. The molecule has 1 aromatic carbocycles. The molecule has 0 aliphatic rings. The lowest BCUT2D eigenvalue weighted by atomic mass is 10.0. The highest BCUT2D eigenvalue weighted by molar-refractivity contribution is 5.61. The Balaban J connectivity index is 3.14. The summed E-state index contributed by atoms with van der Waals surface area (Å²) in [5.74, 6) is -2.84. The third kappa shape index (κ3) is 2.32. The van der Waals surface area contributed by atoms with Crippen LogP contribution in [0.2, 0.25) is 0 Å². The summed E-state index contributed by atoms with van der Waals surface area (Å²) < 4.78 is 31.6. The summed E-state index contributed by atoms with van der Waals surface area (Å²) in [6.45, 7) is 3.45. The number of ether oxygens (including phenoxy) is 1. The average Bonchev–Trinajstić information content (AvgIpc) is 2.24. The van der Waals surface area contributed by atoms with Gasteiger partial charge in [-0.05, 0) is 13.0 Å². The average molecular weight is 214 g/mol. The van der Waals surface area contributed by atoms with E-state index in [0.29, 0.717) is 6.29 Å². The van der Waals surface area contributed by atoms with E-state index in [1.807, 2.05) is 0 Å². The van der Waals surface area contributed by atoms with Gasteiger partial charge in [0.05, 0.1) is 6.61 Å². The minimum absolute atomic E-state index is 0.0472. The van der Waals surface area contributed by atoms with E-state index in [4.69, 9.17) is 4.74 Å². The number of carbonyl (C=O) groups excluding carboxylic acids is 1. The molecule has 4 heteroatoms. The van der Waals surface area contributed by atoms with Gasteiger partial charge in [-0.2, -0.15) is 4.39 Å². The zero-order valence-electron chi connectivity index (χ0n) is 8.59. The van der Waals surface area contributed by atoms with E-state index in [9.17, 15) is 13.6 Å². The van der Waals surface area contributed by atoms with Crippen molar-refractivity contribution in [2.75, 3.05) is 6.61 Å². The molecule has 0 N–H and O–H groups in total. The maximum absolute atomic E-state index is 13.4. The van der Waals surface area contributed by atoms with Crippen molar-refractivity contribution < 1.29 is 18.3 Å². The Kier molecular flexibility index (Phi) is 3.77. The zero-order valence-corrected chi connectivity index (χ0v) is 8.59. The SMILES string of the molecule is CCOc1ccc(C(C)C=O)c(F)c1F. The topological polar surface area (TPSA) is 26.3 Å². The molecule has 0 aliphatic carbocycles. The number of rotatable bonds is 4. The van der Waals surface area contributed by atoms with Gasteiger partial charge < -0.3 is 9.53 Å². The number of hydrogen-bond acceptors (Lipinski definition) is 2. The highest BCUT2D eigenvalue weighted by Crippen LogP contribution is 2.26. The summed E-state index contributed by atoms with van der Waals surface area (Å²) in [4.78, 5) is 10.5. The van der Waals surface area contributed by atoms with Crippen molar-refractivity contribution in [2.45, 2.75) is 19.8 Å². The number of halogens is 2. The molecule has 1 rings (SSSR count). The van der Waals surface area contributed by atoms with Crippen LogP contribution in [0.3, 0.4) is 0 Å². The lowest BCUT2D eigenvalue weighted by molar-refractivity contribution is -0.108. The molecule has 0 bridgehead atoms. The smallest absolute Gasteiger partial charge is 0.200 e. The van der Waals surface area contributed by atoms with E-state index in [2.05, 4.69) is 0 Å². The van der Waals surface area contributed by atoms with Crippen LogP contribution in [0.25, 0.3) is 0 Å². The Hall–Kier alpha value is -1.45. The Morgan fingerprint density at radius 2 is 2.07 bits per heavy atom. The van der Waals surface area contributed by atoms with Crippen LogP contribution in [-0.4, -0.2) is 12.9 Å². The van der Waals surface area contributed by atoms with Crippen molar-refractivity contribution in [1.82, 2.24) is 0 Å². The fourth-order valence-corrected chi connectivity index (χ4v) is 1.24. The van der Waals surface area contributed by atoms with E-state index in [-0.39, 0.29) is 17.9 Å². The van der Waals surface area contributed by atoms with Gasteiger partial charge in [-0.25, -0.2) is 4.39 Å². The minimum atomic E-state index is -1.04. The Morgan fingerprint density at radius 3 is 2.60 bits per heavy atom. The summed E-state index contributed by atoms with van der Waals surface area (Å²) in [5, 5.41) is 0. The summed E-state index contributed by atoms with van der Waals surface area (Å²) in [7, 11) is 0. The van der Waals surface area contributed by atoms with Crippen LogP contribution in [0.5, 0.6) is 5.75 Å². The van der Waals surface area contributed by atoms with Crippen molar-refractivity contribution in [3.8, 4) is 5.75 Å². The number of benzene rings is 1. The summed E-state index contributed by atoms with van der Waals surface area (Å²) in [5.41, 5.74) is 0.0472. The standard InChI is InChI=1S/C11H12F2O2/c1-3-15-9-5-4-8(7(2)6-14)10(12)11(9)13/h4-7H,3H2,1-2H3. The van der Waals surface area contributed by atoms with Gasteiger partial charge in [0, 0.05) is 11.5 Å². The second kappa shape index (κ2) is 4.87. The molecule has 15 heavy (non-hydrogen) atoms. The molecule has 0 radical (unpaired) electrons. The molecule has 0 spiro atoms. The van der Waals surface area contributed by atoms with Gasteiger partial charge in [0.15, 0.2) is 11.6 Å². The molecule has 0 fully saturated rings. The van der Waals surface area contributed by atoms with E-state index < -0.39 is 17.6 Å². The Bertz CT molecular complexity index is 364. The van der Waals surface area contributed by atoms with Crippen molar-refractivity contribution in [2.24, 2.45) is 0 Å². The molecule has 0 amide bonds. The predicted octanol–water partition coefficient (Wildman–Crippen LogP) is 2.67. The van der Waals surface area contributed by atoms with Gasteiger partial charge in [-0.1, -0.05) is 13.0 Å². The summed E-state index contributed by atoms with van der Waals surface area (Å²) in [6, 6.07) is 2.69. The first-order valence-electron chi connectivity index (χ1n) is 4.67. The third-order valence-corrected chi connectivity index (χ3v) is 2.07. The molecule has 0 aliphatic heterocycles. The zero-order chi connectivity index (χ0) is 11.4. The van der Waals surface area contributed by atoms with Crippen LogP contribution >= 0.6 is 0 Å². The monoisotopic (exact) mass is 214 g/mol. The maximum atomic E-state index is 13.4. The number of aldehydes is 1. The van der Waals surface area contributed by atoms with Gasteiger partial charge in [0.25, 0.3) is 0 Å². The minimum Gasteiger partial charge on any atom is -0.491 e. The largest absolute Gasteiger partial charge is 0.491 e. The van der Waals surface area contributed by atoms with E-state index in [1.165, 1.54) is 19.1 Å². The van der Waals surface area contributed by atoms with E-state index >= 15 is 0 Å². The van der Waals surface area contributed by atoms with Gasteiger partial charge in [0.2, 0.25) is 5.82 Å². The van der Waals surface area contributed by atoms with Crippen molar-refractivity contribution in [3.05, 3.63) is 29.3 Å². The second-order valence-corrected chi connectivity index (χ2v) is 3.14. The Morgan fingerprint density at radius 1 is 1.40 bits per heavy atom. The van der Waals surface area contributed by atoms with Crippen LogP contribution in [0, 0.1) is 11.6 Å². The summed E-state index contributed by atoms with van der Waals surface area (Å²) in [6.07, 6.45) is 0.568. The molecule has 1 atom stereocenters. The normalized spacial score (nSPS) is 12.3. The summed E-state index contributed by atoms with van der Waals surface area (Å²) >= 11 is 0. The molecule has 1 aromatic rings. The predicted molar refractivity (Wildman–Crippen MR) is 52.0 cm³/mol. The molecule has 0 aromatic heterocycles. The highest BCUT2D eigenvalue weighted by atomic mass is 19.2. The maximum Gasteiger partial charge on any atom is 0.200 e. The Labute approximate surface area is 86.9 Å². The molecular formula is C11H12F2O2. The van der Waals surface area contributed by atoms with Crippen LogP contribution in [0.1, 0.15) is 25.3 Å². The van der Waals surface area contributed by atoms with Crippen molar-refractivity contribution in [3.63, 3.8) is 0 Å². The van der Waals surface area contributed by atoms with Crippen LogP contribution in [-0.2, 0) is 4.79 Å². The van der Waals surface area contributed by atoms with Crippen LogP contribution in [0.4, 0.5) is 8.78 Å². The van der Waals surface area contributed by atoms with Crippen molar-refractivity contribution >= 4 is 6.29 Å². The lowest BCUT2D eigenvalue weighted by Gasteiger charge is -2.10. The quantitative estimate of drug-likeness (QED) is 0.720. The molecule has 0 saturated carbocycles. The van der Waals surface area contributed by atoms with E-state index in [0.717, 1.165) is 0 Å². The van der Waals surface area contributed by atoms with E-state index in [1.54, 1.807) is 6.92 Å². The molecule has 2 nitrogen and oxygen atoms in total. The fraction of sp³-hybridized carbons (Fsp3) is 0.364. The first kappa shape index (κ1) is 11.6. The van der Waals surface area contributed by atoms with Crippen LogP contribution in [0.15, 0.2) is 12.1 Å². The van der Waals surface area contributed by atoms with Crippen molar-refractivity contribution in [1.29, 1.82) is 0 Å². The van der Waals surface area contributed by atoms with Gasteiger partial charge >= 0.3 is 0 Å². The van der Waals surface area contributed by atoms with Gasteiger partial charge in [-0.15, -0.1) is 0 Å². The van der Waals surface area contributed by atoms with Crippen LogP contribution < -0.4 is 4.74 Å². The first-order chi connectivity index (χ1) is 7.11. The second-order valence-electron chi connectivity index (χ2n) is 3.14. The third-order valence-electron chi connectivity index (χ3n) is 2.07. The van der Waals surface area contributed by atoms with Gasteiger partial charge in [0.1, 0.15) is 6.29 Å². The fourth-order valence-electron chi connectivity index (χ4n) is 1.24. The number of hydrogen-bond donors (Lipinski definition) is 0. The molecule has 1 unspecified atom stereocenters. The molecule has 0 heterocycles. The first-order valence-corrected chi connectivity index (χ1v) is 4.67. The molecule has 82 valence electrons.